The van der Waals surface area contributed by atoms with Crippen molar-refractivity contribution in [3.8, 4) is 0 Å². The lowest BCUT2D eigenvalue weighted by molar-refractivity contribution is 0.0523. The van der Waals surface area contributed by atoms with Crippen molar-refractivity contribution in [3.05, 3.63) is 23.3 Å². The summed E-state index contributed by atoms with van der Waals surface area (Å²) < 4.78 is 5.04. The molecule has 1 fully saturated rings. The average molecular weight is 248 g/mol. The summed E-state index contributed by atoms with van der Waals surface area (Å²) in [6.07, 6.45) is 3.88. The third kappa shape index (κ3) is 2.37. The van der Waals surface area contributed by atoms with Crippen molar-refractivity contribution >= 4 is 5.97 Å². The molecule has 0 amide bonds. The van der Waals surface area contributed by atoms with Gasteiger partial charge in [-0.05, 0) is 25.7 Å². The molecule has 18 heavy (non-hydrogen) atoms. The lowest BCUT2D eigenvalue weighted by Gasteiger charge is -2.14. The van der Waals surface area contributed by atoms with E-state index in [1.54, 1.807) is 13.1 Å². The maximum Gasteiger partial charge on any atom is 0.341 e. The van der Waals surface area contributed by atoms with Gasteiger partial charge in [0.05, 0.1) is 17.9 Å². The Morgan fingerprint density at radius 3 is 2.67 bits per heavy atom. The number of hydrogen-bond acceptors (Lipinski definition) is 4. The van der Waals surface area contributed by atoms with E-state index in [0.717, 1.165) is 24.4 Å². The Morgan fingerprint density at radius 1 is 1.50 bits per heavy atom. The van der Waals surface area contributed by atoms with Gasteiger partial charge in [-0.2, -0.15) is 0 Å². The predicted molar refractivity (Wildman–Crippen MR) is 68.7 cm³/mol. The highest BCUT2D eigenvalue weighted by Gasteiger charge is 2.42. The summed E-state index contributed by atoms with van der Waals surface area (Å²) in [7, 11) is 0. The topological polar surface area (TPSA) is 52.1 Å². The summed E-state index contributed by atoms with van der Waals surface area (Å²) in [5.74, 6) is 0.724. The maximum absolute atomic E-state index is 11.8. The van der Waals surface area contributed by atoms with Crippen molar-refractivity contribution < 1.29 is 9.53 Å². The van der Waals surface area contributed by atoms with Crippen LogP contribution >= 0.6 is 0 Å². The fourth-order valence-electron chi connectivity index (χ4n) is 1.90. The molecule has 98 valence electrons. The van der Waals surface area contributed by atoms with Crippen molar-refractivity contribution in [2.45, 2.75) is 51.9 Å². The van der Waals surface area contributed by atoms with Gasteiger partial charge in [-0.25, -0.2) is 14.8 Å². The molecule has 0 aromatic carbocycles. The molecular weight excluding hydrogens is 228 g/mol. The van der Waals surface area contributed by atoms with E-state index in [4.69, 9.17) is 4.74 Å². The van der Waals surface area contributed by atoms with Crippen LogP contribution in [0.2, 0.25) is 0 Å². The van der Waals surface area contributed by atoms with Crippen molar-refractivity contribution in [2.24, 2.45) is 0 Å². The number of carbonyl (C=O) groups excluding carboxylic acids is 1. The molecular formula is C14H20N2O2. The van der Waals surface area contributed by atoms with E-state index < -0.39 is 0 Å². The molecule has 4 nitrogen and oxygen atoms in total. The summed E-state index contributed by atoms with van der Waals surface area (Å²) in [6, 6.07) is 0. The molecule has 0 unspecified atom stereocenters. The van der Waals surface area contributed by atoms with Crippen molar-refractivity contribution in [1.29, 1.82) is 0 Å². The molecule has 0 radical (unpaired) electrons. The second kappa shape index (κ2) is 4.67. The van der Waals surface area contributed by atoms with Gasteiger partial charge >= 0.3 is 5.97 Å². The highest BCUT2D eigenvalue weighted by atomic mass is 16.5. The van der Waals surface area contributed by atoms with Gasteiger partial charge in [0.1, 0.15) is 5.82 Å². The summed E-state index contributed by atoms with van der Waals surface area (Å²) in [4.78, 5) is 20.8. The standard InChI is InChI=1S/C14H20N2O2/c1-5-18-12(17)10-8-15-13(14(4)6-7-14)16-11(10)9(2)3/h8-9H,5-7H2,1-4H3. The Morgan fingerprint density at radius 2 is 2.17 bits per heavy atom. The fraction of sp³-hybridized carbons (Fsp3) is 0.643. The van der Waals surface area contributed by atoms with Crippen molar-refractivity contribution in [1.82, 2.24) is 9.97 Å². The Bertz CT molecular complexity index is 465. The predicted octanol–water partition coefficient (Wildman–Crippen LogP) is 2.83. The molecule has 4 heteroatoms. The van der Waals surface area contributed by atoms with E-state index in [-0.39, 0.29) is 17.3 Å². The first-order chi connectivity index (χ1) is 8.48. The minimum atomic E-state index is -0.325. The second-order valence-electron chi connectivity index (χ2n) is 5.43. The number of ether oxygens (including phenoxy) is 1. The van der Waals surface area contributed by atoms with E-state index in [1.807, 2.05) is 13.8 Å². The SMILES string of the molecule is CCOC(=O)c1cnc(C2(C)CC2)nc1C(C)C. The molecule has 0 saturated heterocycles. The van der Waals surface area contributed by atoms with E-state index in [9.17, 15) is 4.79 Å². The van der Waals surface area contributed by atoms with E-state index in [1.165, 1.54) is 0 Å². The van der Waals surface area contributed by atoms with Gasteiger partial charge in [-0.3, -0.25) is 0 Å². The van der Waals surface area contributed by atoms with Gasteiger partial charge in [-0.15, -0.1) is 0 Å². The molecule has 0 bridgehead atoms. The number of rotatable bonds is 4. The number of nitrogens with zero attached hydrogens (tertiary/aromatic N) is 2. The summed E-state index contributed by atoms with van der Waals surface area (Å²) in [5, 5.41) is 0. The minimum Gasteiger partial charge on any atom is -0.462 e. The Labute approximate surface area is 108 Å². The lowest BCUT2D eigenvalue weighted by atomic mass is 10.0. The van der Waals surface area contributed by atoms with Crippen LogP contribution in [0.25, 0.3) is 0 Å². The zero-order chi connectivity index (χ0) is 13.3. The van der Waals surface area contributed by atoms with Crippen LogP contribution in [0.3, 0.4) is 0 Å². The minimum absolute atomic E-state index is 0.122. The second-order valence-corrected chi connectivity index (χ2v) is 5.43. The van der Waals surface area contributed by atoms with E-state index in [0.29, 0.717) is 12.2 Å². The van der Waals surface area contributed by atoms with Gasteiger partial charge in [-0.1, -0.05) is 20.8 Å². The number of esters is 1. The van der Waals surface area contributed by atoms with Crippen LogP contribution in [-0.4, -0.2) is 22.5 Å². The lowest BCUT2D eigenvalue weighted by Crippen LogP contribution is -2.16. The normalized spacial score (nSPS) is 16.7. The summed E-state index contributed by atoms with van der Waals surface area (Å²) in [6.45, 7) is 8.40. The highest BCUT2D eigenvalue weighted by Crippen LogP contribution is 2.46. The third-order valence-corrected chi connectivity index (χ3v) is 3.40. The molecule has 2 rings (SSSR count). The molecule has 1 aliphatic rings. The molecule has 0 aliphatic heterocycles. The fourth-order valence-corrected chi connectivity index (χ4v) is 1.90. The first-order valence-corrected chi connectivity index (χ1v) is 6.52. The van der Waals surface area contributed by atoms with Crippen LogP contribution < -0.4 is 0 Å². The van der Waals surface area contributed by atoms with Crippen LogP contribution in [0.4, 0.5) is 0 Å². The van der Waals surface area contributed by atoms with Crippen LogP contribution in [0, 0.1) is 0 Å². The van der Waals surface area contributed by atoms with Crippen molar-refractivity contribution in [3.63, 3.8) is 0 Å². The highest BCUT2D eigenvalue weighted by molar-refractivity contribution is 5.90. The van der Waals surface area contributed by atoms with Crippen LogP contribution in [0.15, 0.2) is 6.20 Å². The van der Waals surface area contributed by atoms with Crippen LogP contribution in [0.1, 0.15) is 68.3 Å². The Balaban J connectivity index is 2.38. The Hall–Kier alpha value is -1.45. The quantitative estimate of drug-likeness (QED) is 0.769. The van der Waals surface area contributed by atoms with Gasteiger partial charge in [0, 0.05) is 11.6 Å². The van der Waals surface area contributed by atoms with Crippen LogP contribution in [-0.2, 0) is 10.2 Å². The van der Waals surface area contributed by atoms with Gasteiger partial charge in [0.2, 0.25) is 0 Å². The maximum atomic E-state index is 11.8. The average Bonchev–Trinajstić information content (AvgIpc) is 3.08. The first-order valence-electron chi connectivity index (χ1n) is 6.52. The van der Waals surface area contributed by atoms with E-state index in [2.05, 4.69) is 16.9 Å². The number of carbonyl (C=O) groups is 1. The zero-order valence-corrected chi connectivity index (χ0v) is 11.5. The molecule has 1 aliphatic carbocycles. The first kappa shape index (κ1) is 13.0. The molecule has 1 heterocycles. The molecule has 0 atom stereocenters. The van der Waals surface area contributed by atoms with Crippen molar-refractivity contribution in [2.75, 3.05) is 6.61 Å². The Kier molecular flexibility index (Phi) is 3.37. The van der Waals surface area contributed by atoms with Gasteiger partial charge in [0.15, 0.2) is 0 Å². The molecule has 1 aromatic heterocycles. The van der Waals surface area contributed by atoms with Gasteiger partial charge in [0.25, 0.3) is 0 Å². The third-order valence-electron chi connectivity index (χ3n) is 3.40. The number of aromatic nitrogens is 2. The molecule has 0 spiro atoms. The monoisotopic (exact) mass is 248 g/mol. The molecule has 1 saturated carbocycles. The smallest absolute Gasteiger partial charge is 0.341 e. The summed E-state index contributed by atoms with van der Waals surface area (Å²) >= 11 is 0. The summed E-state index contributed by atoms with van der Waals surface area (Å²) in [5.41, 5.74) is 1.42. The largest absolute Gasteiger partial charge is 0.462 e. The molecule has 1 aromatic rings. The van der Waals surface area contributed by atoms with E-state index >= 15 is 0 Å². The zero-order valence-electron chi connectivity index (χ0n) is 11.5. The number of hydrogen-bond donors (Lipinski definition) is 0. The molecule has 0 N–H and O–H groups in total. The van der Waals surface area contributed by atoms with Crippen LogP contribution in [0.5, 0.6) is 0 Å². The van der Waals surface area contributed by atoms with Gasteiger partial charge < -0.3 is 4.74 Å².